The molecule has 1 aromatic rings. The Balaban J connectivity index is 1.71. The Labute approximate surface area is 150 Å². The summed E-state index contributed by atoms with van der Waals surface area (Å²) in [5.41, 5.74) is 1.09. The number of aromatic nitrogens is 2. The first-order chi connectivity index (χ1) is 12.2. The zero-order valence-electron chi connectivity index (χ0n) is 15.5. The number of hydrogen-bond acceptors (Lipinski definition) is 5. The zero-order chi connectivity index (χ0) is 17.6. The summed E-state index contributed by atoms with van der Waals surface area (Å²) in [4.78, 5) is 26.0. The van der Waals surface area contributed by atoms with E-state index in [0.29, 0.717) is 18.2 Å². The van der Waals surface area contributed by atoms with Gasteiger partial charge in [-0.15, -0.1) is 0 Å². The maximum Gasteiger partial charge on any atom is 0.222 e. The molecule has 2 aliphatic rings. The molecule has 138 valence electrons. The van der Waals surface area contributed by atoms with Gasteiger partial charge in [-0.3, -0.25) is 4.79 Å². The standard InChI is InChI=1S/C19H30N4O2/c1-3-4-7-19(24)23-8-5-6-16(14-23)17-13-18(21-15(2)20-17)22-9-11-25-12-10-22/h13,16H,3-12,14H2,1-2H3/t16-/m0/s1. The van der Waals surface area contributed by atoms with Crippen molar-refractivity contribution in [2.24, 2.45) is 0 Å². The van der Waals surface area contributed by atoms with E-state index in [1.165, 1.54) is 0 Å². The normalized spacial score (nSPS) is 21.4. The first-order valence-electron chi connectivity index (χ1n) is 9.63. The number of amides is 1. The smallest absolute Gasteiger partial charge is 0.222 e. The highest BCUT2D eigenvalue weighted by atomic mass is 16.5. The third kappa shape index (κ3) is 4.69. The maximum absolute atomic E-state index is 12.4. The average Bonchev–Trinajstić information content (AvgIpc) is 2.66. The van der Waals surface area contributed by atoms with Crippen molar-refractivity contribution in [2.75, 3.05) is 44.3 Å². The quantitative estimate of drug-likeness (QED) is 0.820. The number of nitrogens with zero attached hydrogens (tertiary/aromatic N) is 4. The molecule has 0 saturated carbocycles. The van der Waals surface area contributed by atoms with Gasteiger partial charge < -0.3 is 14.5 Å². The summed E-state index contributed by atoms with van der Waals surface area (Å²) < 4.78 is 5.44. The fraction of sp³-hybridized carbons (Fsp3) is 0.737. The van der Waals surface area contributed by atoms with Crippen molar-refractivity contribution < 1.29 is 9.53 Å². The Hall–Kier alpha value is -1.69. The lowest BCUT2D eigenvalue weighted by Gasteiger charge is -2.33. The van der Waals surface area contributed by atoms with Crippen LogP contribution < -0.4 is 4.90 Å². The third-order valence-electron chi connectivity index (χ3n) is 5.12. The van der Waals surface area contributed by atoms with Gasteiger partial charge in [0, 0.05) is 44.6 Å². The summed E-state index contributed by atoms with van der Waals surface area (Å²) in [6.07, 6.45) is 4.87. The maximum atomic E-state index is 12.4. The largest absolute Gasteiger partial charge is 0.378 e. The monoisotopic (exact) mass is 346 g/mol. The fourth-order valence-corrected chi connectivity index (χ4v) is 3.67. The molecule has 6 heteroatoms. The number of aryl methyl sites for hydroxylation is 1. The third-order valence-corrected chi connectivity index (χ3v) is 5.12. The van der Waals surface area contributed by atoms with E-state index < -0.39 is 0 Å². The summed E-state index contributed by atoms with van der Waals surface area (Å²) in [5, 5.41) is 0. The molecule has 3 heterocycles. The molecule has 1 amide bonds. The van der Waals surface area contributed by atoms with Crippen molar-refractivity contribution in [3.05, 3.63) is 17.6 Å². The molecule has 1 atom stereocenters. The van der Waals surface area contributed by atoms with E-state index in [4.69, 9.17) is 9.72 Å². The summed E-state index contributed by atoms with van der Waals surface area (Å²) in [6.45, 7) is 9.03. The number of rotatable bonds is 5. The molecule has 25 heavy (non-hydrogen) atoms. The predicted molar refractivity (Wildman–Crippen MR) is 97.9 cm³/mol. The molecule has 1 aromatic heterocycles. The van der Waals surface area contributed by atoms with Gasteiger partial charge >= 0.3 is 0 Å². The number of ether oxygens (including phenoxy) is 1. The van der Waals surface area contributed by atoms with Gasteiger partial charge in [-0.25, -0.2) is 9.97 Å². The van der Waals surface area contributed by atoms with Crippen LogP contribution in [0.15, 0.2) is 6.07 Å². The molecule has 0 radical (unpaired) electrons. The molecule has 0 N–H and O–H groups in total. The first kappa shape index (κ1) is 18.1. The van der Waals surface area contributed by atoms with E-state index in [9.17, 15) is 4.79 Å². The van der Waals surface area contributed by atoms with E-state index >= 15 is 0 Å². The van der Waals surface area contributed by atoms with Crippen LogP contribution in [0.2, 0.25) is 0 Å². The molecule has 0 aromatic carbocycles. The average molecular weight is 346 g/mol. The van der Waals surface area contributed by atoms with Crippen LogP contribution in [-0.2, 0) is 9.53 Å². The van der Waals surface area contributed by atoms with Crippen LogP contribution in [0.1, 0.15) is 56.5 Å². The number of piperidine rings is 1. The second kappa shape index (κ2) is 8.61. The van der Waals surface area contributed by atoms with Crippen LogP contribution in [-0.4, -0.2) is 60.2 Å². The Morgan fingerprint density at radius 1 is 1.28 bits per heavy atom. The van der Waals surface area contributed by atoms with Crippen LogP contribution in [0.25, 0.3) is 0 Å². The van der Waals surface area contributed by atoms with Gasteiger partial charge in [0.1, 0.15) is 11.6 Å². The number of unbranched alkanes of at least 4 members (excludes halogenated alkanes) is 1. The molecule has 0 unspecified atom stereocenters. The van der Waals surface area contributed by atoms with Gasteiger partial charge in [0.05, 0.1) is 18.9 Å². The molecular weight excluding hydrogens is 316 g/mol. The first-order valence-corrected chi connectivity index (χ1v) is 9.63. The van der Waals surface area contributed by atoms with Crippen molar-refractivity contribution in [1.82, 2.24) is 14.9 Å². The second-order valence-corrected chi connectivity index (χ2v) is 7.08. The van der Waals surface area contributed by atoms with Gasteiger partial charge in [-0.1, -0.05) is 13.3 Å². The Bertz CT molecular complexity index is 587. The fourth-order valence-electron chi connectivity index (χ4n) is 3.67. The molecule has 2 fully saturated rings. The van der Waals surface area contributed by atoms with Gasteiger partial charge in [0.25, 0.3) is 0 Å². The lowest BCUT2D eigenvalue weighted by Crippen LogP contribution is -2.39. The number of hydrogen-bond donors (Lipinski definition) is 0. The van der Waals surface area contributed by atoms with Gasteiger partial charge in [0.15, 0.2) is 0 Å². The van der Waals surface area contributed by atoms with Crippen LogP contribution >= 0.6 is 0 Å². The van der Waals surface area contributed by atoms with Gasteiger partial charge in [0.2, 0.25) is 5.91 Å². The van der Waals surface area contributed by atoms with E-state index in [0.717, 1.165) is 82.4 Å². The molecule has 2 saturated heterocycles. The van der Waals surface area contributed by atoms with Gasteiger partial charge in [-0.05, 0) is 26.2 Å². The minimum Gasteiger partial charge on any atom is -0.378 e. The Morgan fingerprint density at radius 3 is 2.84 bits per heavy atom. The number of likely N-dealkylation sites (tertiary alicyclic amines) is 1. The lowest BCUT2D eigenvalue weighted by molar-refractivity contribution is -0.132. The molecule has 2 aliphatic heterocycles. The molecule has 0 spiro atoms. The lowest BCUT2D eigenvalue weighted by atomic mass is 9.94. The highest BCUT2D eigenvalue weighted by molar-refractivity contribution is 5.76. The van der Waals surface area contributed by atoms with Crippen molar-refractivity contribution in [2.45, 2.75) is 51.9 Å². The summed E-state index contributed by atoms with van der Waals surface area (Å²) in [5.74, 6) is 2.43. The van der Waals surface area contributed by atoms with E-state index in [-0.39, 0.29) is 0 Å². The van der Waals surface area contributed by atoms with E-state index in [2.05, 4.69) is 22.9 Å². The molecule has 6 nitrogen and oxygen atoms in total. The molecule has 0 bridgehead atoms. The van der Waals surface area contributed by atoms with Crippen molar-refractivity contribution in [3.8, 4) is 0 Å². The minimum absolute atomic E-state index is 0.297. The highest BCUT2D eigenvalue weighted by Crippen LogP contribution is 2.28. The van der Waals surface area contributed by atoms with Crippen LogP contribution in [0.3, 0.4) is 0 Å². The Morgan fingerprint density at radius 2 is 2.08 bits per heavy atom. The summed E-state index contributed by atoms with van der Waals surface area (Å²) in [6, 6.07) is 2.13. The molecule has 3 rings (SSSR count). The summed E-state index contributed by atoms with van der Waals surface area (Å²) in [7, 11) is 0. The number of anilines is 1. The minimum atomic E-state index is 0.297. The SMILES string of the molecule is CCCCC(=O)N1CCC[C@H](c2cc(N3CCOCC3)nc(C)n2)C1. The molecular formula is C19H30N4O2. The van der Waals surface area contributed by atoms with Gasteiger partial charge in [-0.2, -0.15) is 0 Å². The highest BCUT2D eigenvalue weighted by Gasteiger charge is 2.26. The van der Waals surface area contributed by atoms with Crippen LogP contribution in [0.4, 0.5) is 5.82 Å². The van der Waals surface area contributed by atoms with Crippen molar-refractivity contribution in [3.63, 3.8) is 0 Å². The van der Waals surface area contributed by atoms with Crippen molar-refractivity contribution >= 4 is 11.7 Å². The summed E-state index contributed by atoms with van der Waals surface area (Å²) >= 11 is 0. The van der Waals surface area contributed by atoms with Crippen LogP contribution in [0.5, 0.6) is 0 Å². The van der Waals surface area contributed by atoms with E-state index in [1.54, 1.807) is 0 Å². The van der Waals surface area contributed by atoms with E-state index in [1.807, 2.05) is 11.8 Å². The Kier molecular flexibility index (Phi) is 6.24. The number of morpholine rings is 1. The second-order valence-electron chi connectivity index (χ2n) is 7.08. The molecule has 0 aliphatic carbocycles. The predicted octanol–water partition coefficient (Wildman–Crippen LogP) is 2.52. The zero-order valence-corrected chi connectivity index (χ0v) is 15.5. The van der Waals surface area contributed by atoms with Crippen molar-refractivity contribution in [1.29, 1.82) is 0 Å². The topological polar surface area (TPSA) is 58.6 Å². The number of carbonyl (C=O) groups excluding carboxylic acids is 1. The van der Waals surface area contributed by atoms with Crippen LogP contribution in [0, 0.1) is 6.92 Å². The number of carbonyl (C=O) groups is 1.